The zero-order chi connectivity index (χ0) is 14.0. The third kappa shape index (κ3) is 3.37. The number of nitrogens with zero attached hydrogens (tertiary/aromatic N) is 1. The normalized spacial score (nSPS) is 12.0. The second kappa shape index (κ2) is 5.35. The van der Waals surface area contributed by atoms with Gasteiger partial charge in [0, 0.05) is 28.7 Å². The van der Waals surface area contributed by atoms with Crippen LogP contribution in [0, 0.1) is 0 Å². The molecule has 3 nitrogen and oxygen atoms in total. The van der Waals surface area contributed by atoms with Crippen molar-refractivity contribution >= 4 is 28.8 Å². The average molecular weight is 280 g/mol. The summed E-state index contributed by atoms with van der Waals surface area (Å²) in [5.41, 5.74) is 1.49. The van der Waals surface area contributed by atoms with E-state index in [1.165, 1.54) is 0 Å². The Kier molecular flexibility index (Phi) is 3.97. The SMILES string of the molecule is CC(C)(C)OCCn1cc(C=O)c2ccc(Cl)cc21. The molecule has 2 rings (SSSR count). The molecule has 19 heavy (non-hydrogen) atoms. The summed E-state index contributed by atoms with van der Waals surface area (Å²) in [7, 11) is 0. The van der Waals surface area contributed by atoms with Crippen molar-refractivity contribution in [1.82, 2.24) is 4.57 Å². The number of benzene rings is 1. The van der Waals surface area contributed by atoms with E-state index in [0.29, 0.717) is 23.7 Å². The number of halogens is 1. The van der Waals surface area contributed by atoms with Crippen molar-refractivity contribution < 1.29 is 9.53 Å². The van der Waals surface area contributed by atoms with Crippen molar-refractivity contribution in [2.75, 3.05) is 6.61 Å². The van der Waals surface area contributed by atoms with Gasteiger partial charge < -0.3 is 9.30 Å². The Hall–Kier alpha value is -1.32. The Morgan fingerprint density at radius 1 is 1.37 bits per heavy atom. The lowest BCUT2D eigenvalue weighted by Crippen LogP contribution is -2.21. The monoisotopic (exact) mass is 279 g/mol. The molecule has 1 aromatic carbocycles. The molecule has 1 aromatic heterocycles. The highest BCUT2D eigenvalue weighted by molar-refractivity contribution is 6.31. The fourth-order valence-corrected chi connectivity index (χ4v) is 2.19. The van der Waals surface area contributed by atoms with Gasteiger partial charge >= 0.3 is 0 Å². The summed E-state index contributed by atoms with van der Waals surface area (Å²) >= 11 is 6.02. The first kappa shape index (κ1) is 14.1. The van der Waals surface area contributed by atoms with E-state index in [9.17, 15) is 4.79 Å². The van der Waals surface area contributed by atoms with E-state index in [1.807, 2.05) is 43.7 Å². The largest absolute Gasteiger partial charge is 0.374 e. The summed E-state index contributed by atoms with van der Waals surface area (Å²) in [4.78, 5) is 11.1. The van der Waals surface area contributed by atoms with Gasteiger partial charge in [-0.05, 0) is 32.9 Å². The molecular formula is C15H18ClNO2. The van der Waals surface area contributed by atoms with Crippen molar-refractivity contribution in [2.24, 2.45) is 0 Å². The number of hydrogen-bond acceptors (Lipinski definition) is 2. The minimum absolute atomic E-state index is 0.159. The first-order chi connectivity index (χ1) is 8.90. The molecule has 102 valence electrons. The number of aromatic nitrogens is 1. The minimum atomic E-state index is -0.159. The predicted octanol–water partition coefficient (Wildman–Crippen LogP) is 3.92. The van der Waals surface area contributed by atoms with Crippen LogP contribution in [0.25, 0.3) is 10.9 Å². The second-order valence-electron chi connectivity index (χ2n) is 5.52. The van der Waals surface area contributed by atoms with Crippen LogP contribution in [0.4, 0.5) is 0 Å². The Morgan fingerprint density at radius 3 is 2.74 bits per heavy atom. The van der Waals surface area contributed by atoms with E-state index in [0.717, 1.165) is 17.2 Å². The first-order valence-electron chi connectivity index (χ1n) is 6.28. The molecule has 0 aliphatic rings. The highest BCUT2D eigenvalue weighted by Gasteiger charge is 2.12. The number of aldehydes is 1. The van der Waals surface area contributed by atoms with Crippen molar-refractivity contribution in [3.05, 3.63) is 35.0 Å². The van der Waals surface area contributed by atoms with E-state index >= 15 is 0 Å². The molecule has 0 aliphatic carbocycles. The first-order valence-corrected chi connectivity index (χ1v) is 6.66. The third-order valence-corrected chi connectivity index (χ3v) is 3.10. The highest BCUT2D eigenvalue weighted by Crippen LogP contribution is 2.24. The smallest absolute Gasteiger partial charge is 0.152 e. The Morgan fingerprint density at radius 2 is 2.11 bits per heavy atom. The molecule has 2 aromatic rings. The highest BCUT2D eigenvalue weighted by atomic mass is 35.5. The molecule has 0 saturated carbocycles. The van der Waals surface area contributed by atoms with E-state index in [-0.39, 0.29) is 5.60 Å². The zero-order valence-electron chi connectivity index (χ0n) is 11.4. The molecule has 0 spiro atoms. The fraction of sp³-hybridized carbons (Fsp3) is 0.400. The molecule has 4 heteroatoms. The Bertz CT molecular complexity index is 596. The molecule has 0 unspecified atom stereocenters. The van der Waals surface area contributed by atoms with Crippen LogP contribution in [0.2, 0.25) is 5.02 Å². The summed E-state index contributed by atoms with van der Waals surface area (Å²) in [5.74, 6) is 0. The van der Waals surface area contributed by atoms with Crippen LogP contribution in [0.15, 0.2) is 24.4 Å². The van der Waals surface area contributed by atoms with Crippen molar-refractivity contribution in [3.63, 3.8) is 0 Å². The summed E-state index contributed by atoms with van der Waals surface area (Å²) in [5, 5.41) is 1.59. The van der Waals surface area contributed by atoms with E-state index < -0.39 is 0 Å². The van der Waals surface area contributed by atoms with Crippen LogP contribution in [-0.4, -0.2) is 23.1 Å². The average Bonchev–Trinajstić information content (AvgIpc) is 2.65. The number of ether oxygens (including phenoxy) is 1. The van der Waals surface area contributed by atoms with Gasteiger partial charge in [0.05, 0.1) is 17.7 Å². The lowest BCUT2D eigenvalue weighted by atomic mass is 10.2. The van der Waals surface area contributed by atoms with Crippen LogP contribution in [0.5, 0.6) is 0 Å². The third-order valence-electron chi connectivity index (χ3n) is 2.87. The van der Waals surface area contributed by atoms with Gasteiger partial charge in [-0.1, -0.05) is 17.7 Å². The zero-order valence-corrected chi connectivity index (χ0v) is 12.2. The van der Waals surface area contributed by atoms with Crippen molar-refractivity contribution in [2.45, 2.75) is 32.9 Å². The van der Waals surface area contributed by atoms with Gasteiger partial charge in [-0.2, -0.15) is 0 Å². The second-order valence-corrected chi connectivity index (χ2v) is 5.95. The van der Waals surface area contributed by atoms with Crippen LogP contribution in [0.3, 0.4) is 0 Å². The summed E-state index contributed by atoms with van der Waals surface area (Å²) in [6.45, 7) is 7.36. The molecule has 0 atom stereocenters. The summed E-state index contributed by atoms with van der Waals surface area (Å²) < 4.78 is 7.72. The molecule has 0 fully saturated rings. The molecule has 0 N–H and O–H groups in total. The topological polar surface area (TPSA) is 31.2 Å². The maximum Gasteiger partial charge on any atom is 0.152 e. The molecule has 0 radical (unpaired) electrons. The molecule has 1 heterocycles. The summed E-state index contributed by atoms with van der Waals surface area (Å²) in [6.07, 6.45) is 2.72. The number of hydrogen-bond donors (Lipinski definition) is 0. The minimum Gasteiger partial charge on any atom is -0.374 e. The molecule has 0 aliphatic heterocycles. The van der Waals surface area contributed by atoms with Crippen LogP contribution < -0.4 is 0 Å². The van der Waals surface area contributed by atoms with Crippen LogP contribution in [-0.2, 0) is 11.3 Å². The van der Waals surface area contributed by atoms with E-state index in [4.69, 9.17) is 16.3 Å². The van der Waals surface area contributed by atoms with E-state index in [1.54, 1.807) is 6.07 Å². The van der Waals surface area contributed by atoms with Gasteiger partial charge in [0.1, 0.15) is 0 Å². The van der Waals surface area contributed by atoms with Gasteiger partial charge in [0.2, 0.25) is 0 Å². The van der Waals surface area contributed by atoms with Gasteiger partial charge in [0.25, 0.3) is 0 Å². The van der Waals surface area contributed by atoms with Gasteiger partial charge in [-0.15, -0.1) is 0 Å². The Labute approximate surface area is 118 Å². The number of carbonyl (C=O) groups is 1. The maximum atomic E-state index is 11.1. The maximum absolute atomic E-state index is 11.1. The predicted molar refractivity (Wildman–Crippen MR) is 78.0 cm³/mol. The van der Waals surface area contributed by atoms with Gasteiger partial charge in [0.15, 0.2) is 6.29 Å². The lowest BCUT2D eigenvalue weighted by molar-refractivity contribution is -0.00645. The molecule has 0 amide bonds. The quantitative estimate of drug-likeness (QED) is 0.794. The Balaban J connectivity index is 2.27. The van der Waals surface area contributed by atoms with Crippen molar-refractivity contribution in [1.29, 1.82) is 0 Å². The standard InChI is InChI=1S/C15H18ClNO2/c1-15(2,3)19-7-6-17-9-11(10-18)13-5-4-12(16)8-14(13)17/h4-5,8-10H,6-7H2,1-3H3. The van der Waals surface area contributed by atoms with Crippen molar-refractivity contribution in [3.8, 4) is 0 Å². The van der Waals surface area contributed by atoms with Crippen LogP contribution in [0.1, 0.15) is 31.1 Å². The van der Waals surface area contributed by atoms with E-state index in [2.05, 4.69) is 0 Å². The number of fused-ring (bicyclic) bond motifs is 1. The summed E-state index contributed by atoms with van der Waals surface area (Å²) in [6, 6.07) is 5.55. The molecule has 0 saturated heterocycles. The van der Waals surface area contributed by atoms with Crippen LogP contribution >= 0.6 is 11.6 Å². The molecular weight excluding hydrogens is 262 g/mol. The van der Waals surface area contributed by atoms with Gasteiger partial charge in [-0.25, -0.2) is 0 Å². The fourth-order valence-electron chi connectivity index (χ4n) is 2.02. The molecule has 0 bridgehead atoms. The number of rotatable bonds is 4. The number of carbonyl (C=O) groups excluding carboxylic acids is 1. The lowest BCUT2D eigenvalue weighted by Gasteiger charge is -2.19. The van der Waals surface area contributed by atoms with Gasteiger partial charge in [-0.3, -0.25) is 4.79 Å².